The van der Waals surface area contributed by atoms with Crippen molar-refractivity contribution in [2.75, 3.05) is 5.32 Å². The van der Waals surface area contributed by atoms with Gasteiger partial charge in [-0.1, -0.05) is 31.2 Å². The van der Waals surface area contributed by atoms with E-state index >= 15 is 0 Å². The second kappa shape index (κ2) is 6.81. The molecule has 0 unspecified atom stereocenters. The summed E-state index contributed by atoms with van der Waals surface area (Å²) in [5.41, 5.74) is 2.29. The lowest BCUT2D eigenvalue weighted by atomic mass is 10.0. The lowest BCUT2D eigenvalue weighted by Crippen LogP contribution is -2.20. The van der Waals surface area contributed by atoms with E-state index in [0.29, 0.717) is 28.6 Å². The van der Waals surface area contributed by atoms with E-state index in [1.165, 1.54) is 6.07 Å². The number of aromatic nitrogens is 1. The molecule has 0 radical (unpaired) electrons. The first-order valence-electron chi connectivity index (χ1n) is 8.97. The van der Waals surface area contributed by atoms with E-state index in [1.54, 1.807) is 36.4 Å². The second-order valence-corrected chi connectivity index (χ2v) is 6.61. The molecule has 0 spiro atoms. The standard InChI is InChI=1S/C22H18N2O4/c1-3-15-12(2)16-9-8-14(11-18(16)24-20(15)25)23-21(26)17-10-13-6-4-5-7-19(13)28-22(17)27/h4-11H,3H2,1-2H3,(H,23,26)(H,24,25). The molecule has 28 heavy (non-hydrogen) atoms. The summed E-state index contributed by atoms with van der Waals surface area (Å²) in [6.07, 6.45) is 0.646. The van der Waals surface area contributed by atoms with Crippen LogP contribution in [0.1, 0.15) is 28.4 Å². The molecular formula is C22H18N2O4. The van der Waals surface area contributed by atoms with Gasteiger partial charge in [0.25, 0.3) is 11.5 Å². The zero-order valence-corrected chi connectivity index (χ0v) is 15.5. The van der Waals surface area contributed by atoms with Crippen LogP contribution < -0.4 is 16.5 Å². The maximum Gasteiger partial charge on any atom is 0.349 e. The summed E-state index contributed by atoms with van der Waals surface area (Å²) >= 11 is 0. The maximum atomic E-state index is 12.6. The second-order valence-electron chi connectivity index (χ2n) is 6.61. The number of H-pyrrole nitrogens is 1. The number of amides is 1. The molecule has 4 aromatic rings. The molecule has 0 aliphatic carbocycles. The van der Waals surface area contributed by atoms with Gasteiger partial charge in [0.2, 0.25) is 0 Å². The molecule has 0 bridgehead atoms. The van der Waals surface area contributed by atoms with Crippen LogP contribution in [0.25, 0.3) is 21.9 Å². The van der Waals surface area contributed by atoms with E-state index in [-0.39, 0.29) is 11.1 Å². The van der Waals surface area contributed by atoms with Crippen LogP contribution in [-0.4, -0.2) is 10.9 Å². The van der Waals surface area contributed by atoms with Gasteiger partial charge in [-0.25, -0.2) is 4.79 Å². The number of pyridine rings is 1. The SMILES string of the molecule is CCc1c(C)c2ccc(NC(=O)c3cc4ccccc4oc3=O)cc2[nH]c1=O. The van der Waals surface area contributed by atoms with Crippen molar-refractivity contribution in [2.24, 2.45) is 0 Å². The summed E-state index contributed by atoms with van der Waals surface area (Å²) in [6.45, 7) is 3.85. The number of anilines is 1. The summed E-state index contributed by atoms with van der Waals surface area (Å²) in [4.78, 5) is 39.8. The third kappa shape index (κ3) is 2.99. The van der Waals surface area contributed by atoms with Gasteiger partial charge >= 0.3 is 5.63 Å². The number of para-hydroxylation sites is 1. The number of carbonyl (C=O) groups excluding carboxylic acids is 1. The zero-order valence-electron chi connectivity index (χ0n) is 15.5. The van der Waals surface area contributed by atoms with Crippen LogP contribution in [0.2, 0.25) is 0 Å². The monoisotopic (exact) mass is 374 g/mol. The van der Waals surface area contributed by atoms with Gasteiger partial charge in [-0.3, -0.25) is 9.59 Å². The first kappa shape index (κ1) is 17.7. The molecule has 2 N–H and O–H groups in total. The van der Waals surface area contributed by atoms with Gasteiger partial charge in [-0.15, -0.1) is 0 Å². The fourth-order valence-corrected chi connectivity index (χ4v) is 3.43. The Labute approximate surface area is 159 Å². The molecule has 0 fully saturated rings. The Balaban J connectivity index is 1.72. The summed E-state index contributed by atoms with van der Waals surface area (Å²) in [5, 5.41) is 4.28. The number of hydrogen-bond donors (Lipinski definition) is 2. The fourth-order valence-electron chi connectivity index (χ4n) is 3.43. The van der Waals surface area contributed by atoms with E-state index in [4.69, 9.17) is 4.42 Å². The van der Waals surface area contributed by atoms with E-state index in [2.05, 4.69) is 10.3 Å². The lowest BCUT2D eigenvalue weighted by molar-refractivity contribution is 0.102. The Hall–Kier alpha value is -3.67. The minimum absolute atomic E-state index is 0.0789. The van der Waals surface area contributed by atoms with Crippen molar-refractivity contribution in [3.05, 3.63) is 86.0 Å². The van der Waals surface area contributed by atoms with Crippen LogP contribution in [0.15, 0.2) is 62.5 Å². The van der Waals surface area contributed by atoms with Gasteiger partial charge in [-0.05, 0) is 43.2 Å². The maximum absolute atomic E-state index is 12.6. The van der Waals surface area contributed by atoms with Crippen molar-refractivity contribution in [1.29, 1.82) is 0 Å². The Morgan fingerprint density at radius 2 is 1.89 bits per heavy atom. The van der Waals surface area contributed by atoms with Gasteiger partial charge in [0, 0.05) is 22.0 Å². The number of benzene rings is 2. The predicted octanol–water partition coefficient (Wildman–Crippen LogP) is 3.76. The highest BCUT2D eigenvalue weighted by molar-refractivity contribution is 6.06. The van der Waals surface area contributed by atoms with Gasteiger partial charge in [-0.2, -0.15) is 0 Å². The van der Waals surface area contributed by atoms with Crippen LogP contribution in [0, 0.1) is 6.92 Å². The minimum atomic E-state index is -0.700. The van der Waals surface area contributed by atoms with Crippen LogP contribution >= 0.6 is 0 Å². The normalized spacial score (nSPS) is 11.1. The van der Waals surface area contributed by atoms with Crippen LogP contribution in [0.5, 0.6) is 0 Å². The number of carbonyl (C=O) groups is 1. The summed E-state index contributed by atoms with van der Waals surface area (Å²) < 4.78 is 5.21. The van der Waals surface area contributed by atoms with E-state index in [9.17, 15) is 14.4 Å². The molecule has 0 atom stereocenters. The van der Waals surface area contributed by atoms with Gasteiger partial charge in [0.15, 0.2) is 0 Å². The molecule has 2 aromatic carbocycles. The van der Waals surface area contributed by atoms with Crippen molar-refractivity contribution in [2.45, 2.75) is 20.3 Å². The Morgan fingerprint density at radius 3 is 2.68 bits per heavy atom. The Morgan fingerprint density at radius 1 is 1.11 bits per heavy atom. The van der Waals surface area contributed by atoms with Crippen molar-refractivity contribution in [3.8, 4) is 0 Å². The highest BCUT2D eigenvalue weighted by Gasteiger charge is 2.15. The third-order valence-electron chi connectivity index (χ3n) is 4.90. The van der Waals surface area contributed by atoms with Gasteiger partial charge < -0.3 is 14.7 Å². The van der Waals surface area contributed by atoms with Crippen LogP contribution in [-0.2, 0) is 6.42 Å². The molecule has 6 nitrogen and oxygen atoms in total. The molecule has 0 aliphatic heterocycles. The topological polar surface area (TPSA) is 92.2 Å². The number of aromatic amines is 1. The molecular weight excluding hydrogens is 356 g/mol. The van der Waals surface area contributed by atoms with Gasteiger partial charge in [0.1, 0.15) is 11.1 Å². The minimum Gasteiger partial charge on any atom is -0.422 e. The Kier molecular flexibility index (Phi) is 4.31. The summed E-state index contributed by atoms with van der Waals surface area (Å²) in [5.74, 6) is -0.567. The molecule has 6 heteroatoms. The summed E-state index contributed by atoms with van der Waals surface area (Å²) in [7, 11) is 0. The zero-order chi connectivity index (χ0) is 19.8. The molecule has 0 aliphatic rings. The van der Waals surface area contributed by atoms with E-state index in [1.807, 2.05) is 19.9 Å². The first-order valence-corrected chi connectivity index (χ1v) is 8.97. The van der Waals surface area contributed by atoms with Crippen molar-refractivity contribution in [1.82, 2.24) is 4.98 Å². The Bertz CT molecular complexity index is 1350. The number of hydrogen-bond acceptors (Lipinski definition) is 4. The molecule has 2 heterocycles. The molecule has 0 saturated carbocycles. The number of aryl methyl sites for hydroxylation is 1. The van der Waals surface area contributed by atoms with Crippen molar-refractivity contribution < 1.29 is 9.21 Å². The van der Waals surface area contributed by atoms with E-state index < -0.39 is 11.5 Å². The highest BCUT2D eigenvalue weighted by atomic mass is 16.4. The van der Waals surface area contributed by atoms with Crippen molar-refractivity contribution in [3.63, 3.8) is 0 Å². The highest BCUT2D eigenvalue weighted by Crippen LogP contribution is 2.22. The smallest absolute Gasteiger partial charge is 0.349 e. The number of rotatable bonds is 3. The summed E-state index contributed by atoms with van der Waals surface area (Å²) in [6, 6.07) is 13.8. The van der Waals surface area contributed by atoms with E-state index in [0.717, 1.165) is 16.5 Å². The lowest BCUT2D eigenvalue weighted by Gasteiger charge is -2.10. The number of fused-ring (bicyclic) bond motifs is 2. The molecule has 4 rings (SSSR count). The van der Waals surface area contributed by atoms with Crippen LogP contribution in [0.4, 0.5) is 5.69 Å². The fraction of sp³-hybridized carbons (Fsp3) is 0.136. The quantitative estimate of drug-likeness (QED) is 0.534. The number of nitrogens with one attached hydrogen (secondary N) is 2. The van der Waals surface area contributed by atoms with Crippen LogP contribution in [0.3, 0.4) is 0 Å². The average Bonchev–Trinajstić information content (AvgIpc) is 2.67. The molecule has 140 valence electrons. The average molecular weight is 374 g/mol. The van der Waals surface area contributed by atoms with Gasteiger partial charge in [0.05, 0.1) is 5.52 Å². The molecule has 2 aromatic heterocycles. The first-order chi connectivity index (χ1) is 13.5. The third-order valence-corrected chi connectivity index (χ3v) is 4.90. The molecule has 1 amide bonds. The van der Waals surface area contributed by atoms with Crippen molar-refractivity contribution >= 4 is 33.5 Å². The largest absolute Gasteiger partial charge is 0.422 e. The molecule has 0 saturated heterocycles. The predicted molar refractivity (Wildman–Crippen MR) is 109 cm³/mol.